The highest BCUT2D eigenvalue weighted by molar-refractivity contribution is 6.32. The van der Waals surface area contributed by atoms with Crippen LogP contribution in [-0.2, 0) is 0 Å². The van der Waals surface area contributed by atoms with E-state index in [1.165, 1.54) is 19.3 Å². The summed E-state index contributed by atoms with van der Waals surface area (Å²) in [6, 6.07) is 8.58. The van der Waals surface area contributed by atoms with Crippen LogP contribution in [0.3, 0.4) is 0 Å². The van der Waals surface area contributed by atoms with Crippen molar-refractivity contribution in [2.45, 2.75) is 19.3 Å². The summed E-state index contributed by atoms with van der Waals surface area (Å²) in [7, 11) is 1.54. The molecule has 0 unspecified atom stereocenters. The molecular weight excluding hydrogens is 328 g/mol. The third-order valence-corrected chi connectivity index (χ3v) is 4.27. The molecular formula is C17H19ClN4O2. The third kappa shape index (κ3) is 3.76. The van der Waals surface area contributed by atoms with E-state index in [4.69, 9.17) is 16.3 Å². The molecule has 126 valence electrons. The van der Waals surface area contributed by atoms with Gasteiger partial charge >= 0.3 is 0 Å². The molecule has 7 heteroatoms. The van der Waals surface area contributed by atoms with Crippen molar-refractivity contribution in [2.75, 3.05) is 30.4 Å². The van der Waals surface area contributed by atoms with Gasteiger partial charge in [0.15, 0.2) is 11.5 Å². The molecule has 0 saturated carbocycles. The van der Waals surface area contributed by atoms with Gasteiger partial charge < -0.3 is 15.0 Å². The van der Waals surface area contributed by atoms with Gasteiger partial charge in [0.25, 0.3) is 5.91 Å². The number of carbonyl (C=O) groups excluding carboxylic acids is 1. The fourth-order valence-electron chi connectivity index (χ4n) is 2.68. The summed E-state index contributed by atoms with van der Waals surface area (Å²) in [5, 5.41) is 11.4. The van der Waals surface area contributed by atoms with E-state index in [9.17, 15) is 4.79 Å². The first-order chi connectivity index (χ1) is 11.7. The van der Waals surface area contributed by atoms with E-state index in [1.54, 1.807) is 31.4 Å². The third-order valence-electron chi connectivity index (χ3n) is 3.97. The van der Waals surface area contributed by atoms with E-state index in [0.29, 0.717) is 16.5 Å². The average Bonchev–Trinajstić information content (AvgIpc) is 2.63. The number of nitrogens with one attached hydrogen (secondary N) is 1. The maximum absolute atomic E-state index is 12.3. The second kappa shape index (κ2) is 7.49. The highest BCUT2D eigenvalue weighted by atomic mass is 35.5. The van der Waals surface area contributed by atoms with Crippen LogP contribution in [0, 0.1) is 0 Å². The number of methoxy groups -OCH3 is 1. The van der Waals surface area contributed by atoms with Crippen LogP contribution < -0.4 is 15.0 Å². The van der Waals surface area contributed by atoms with E-state index < -0.39 is 0 Å². The van der Waals surface area contributed by atoms with Crippen molar-refractivity contribution < 1.29 is 9.53 Å². The number of anilines is 2. The lowest BCUT2D eigenvalue weighted by molar-refractivity contribution is 0.102. The molecule has 1 aromatic carbocycles. The molecule has 1 N–H and O–H groups in total. The molecule has 1 aromatic heterocycles. The molecule has 2 heterocycles. The normalized spacial score (nSPS) is 14.3. The first-order valence-corrected chi connectivity index (χ1v) is 8.29. The summed E-state index contributed by atoms with van der Waals surface area (Å²) in [5.74, 6) is 1.05. The molecule has 1 aliphatic rings. The van der Waals surface area contributed by atoms with Crippen molar-refractivity contribution in [3.8, 4) is 5.75 Å². The maximum atomic E-state index is 12.3. The first-order valence-electron chi connectivity index (χ1n) is 7.91. The Kier molecular flexibility index (Phi) is 5.15. The van der Waals surface area contributed by atoms with Crippen LogP contribution in [0.2, 0.25) is 5.02 Å². The van der Waals surface area contributed by atoms with Crippen molar-refractivity contribution in [1.82, 2.24) is 10.2 Å². The second-order valence-corrected chi connectivity index (χ2v) is 6.04. The Morgan fingerprint density at radius 2 is 1.96 bits per heavy atom. The number of carbonyl (C=O) groups is 1. The van der Waals surface area contributed by atoms with Gasteiger partial charge in [-0.1, -0.05) is 11.6 Å². The van der Waals surface area contributed by atoms with E-state index >= 15 is 0 Å². The molecule has 0 radical (unpaired) electrons. The zero-order chi connectivity index (χ0) is 16.9. The molecule has 1 amide bonds. The average molecular weight is 347 g/mol. The molecule has 1 fully saturated rings. The summed E-state index contributed by atoms with van der Waals surface area (Å²) in [5.41, 5.74) is 0.843. The summed E-state index contributed by atoms with van der Waals surface area (Å²) < 4.78 is 5.09. The van der Waals surface area contributed by atoms with E-state index in [1.807, 2.05) is 6.07 Å². The van der Waals surface area contributed by atoms with Crippen LogP contribution in [0.4, 0.5) is 11.5 Å². The Hall–Kier alpha value is -2.34. The minimum atomic E-state index is -0.325. The standard InChI is InChI=1S/C17H19ClN4O2/c1-24-15-7-5-12(11-13(15)18)19-17(23)14-6-8-16(21-20-14)22-9-3-2-4-10-22/h5-8,11H,2-4,9-10H2,1H3,(H,19,23). The Morgan fingerprint density at radius 1 is 1.17 bits per heavy atom. The van der Waals surface area contributed by atoms with Crippen molar-refractivity contribution in [3.63, 3.8) is 0 Å². The number of piperidine rings is 1. The van der Waals surface area contributed by atoms with Gasteiger partial charge in [-0.2, -0.15) is 0 Å². The highest BCUT2D eigenvalue weighted by Crippen LogP contribution is 2.27. The lowest BCUT2D eigenvalue weighted by Crippen LogP contribution is -2.30. The number of halogens is 1. The number of hydrogen-bond acceptors (Lipinski definition) is 5. The summed E-state index contributed by atoms with van der Waals surface area (Å²) in [6.07, 6.45) is 3.60. The van der Waals surface area contributed by atoms with E-state index in [0.717, 1.165) is 18.9 Å². The molecule has 0 aliphatic carbocycles. The van der Waals surface area contributed by atoms with Crippen molar-refractivity contribution in [2.24, 2.45) is 0 Å². The molecule has 6 nitrogen and oxygen atoms in total. The number of ether oxygens (including phenoxy) is 1. The van der Waals surface area contributed by atoms with Gasteiger partial charge in [0.2, 0.25) is 0 Å². The minimum Gasteiger partial charge on any atom is -0.495 e. The van der Waals surface area contributed by atoms with Crippen LogP contribution in [0.25, 0.3) is 0 Å². The molecule has 0 spiro atoms. The number of hydrogen-bond donors (Lipinski definition) is 1. The second-order valence-electron chi connectivity index (χ2n) is 5.63. The van der Waals surface area contributed by atoms with Gasteiger partial charge in [0.05, 0.1) is 12.1 Å². The number of nitrogens with zero attached hydrogens (tertiary/aromatic N) is 3. The highest BCUT2D eigenvalue weighted by Gasteiger charge is 2.14. The lowest BCUT2D eigenvalue weighted by atomic mass is 10.1. The van der Waals surface area contributed by atoms with Gasteiger partial charge in [0, 0.05) is 18.8 Å². The van der Waals surface area contributed by atoms with Crippen LogP contribution in [-0.4, -0.2) is 36.3 Å². The number of benzene rings is 1. The fourth-order valence-corrected chi connectivity index (χ4v) is 2.93. The monoisotopic (exact) mass is 346 g/mol. The van der Waals surface area contributed by atoms with Gasteiger partial charge in [-0.15, -0.1) is 10.2 Å². The van der Waals surface area contributed by atoms with E-state index in [2.05, 4.69) is 20.4 Å². The maximum Gasteiger partial charge on any atom is 0.276 e. The Labute approximate surface area is 145 Å². The fraction of sp³-hybridized carbons (Fsp3) is 0.353. The van der Waals surface area contributed by atoms with Gasteiger partial charge in [-0.05, 0) is 49.6 Å². The zero-order valence-corrected chi connectivity index (χ0v) is 14.2. The van der Waals surface area contributed by atoms with Crippen LogP contribution in [0.15, 0.2) is 30.3 Å². The predicted molar refractivity (Wildman–Crippen MR) is 94.1 cm³/mol. The van der Waals surface area contributed by atoms with Crippen LogP contribution in [0.1, 0.15) is 29.8 Å². The molecule has 1 saturated heterocycles. The summed E-state index contributed by atoms with van der Waals surface area (Å²) in [4.78, 5) is 14.5. The van der Waals surface area contributed by atoms with Gasteiger partial charge in [-0.3, -0.25) is 4.79 Å². The smallest absolute Gasteiger partial charge is 0.276 e. The van der Waals surface area contributed by atoms with E-state index in [-0.39, 0.29) is 11.6 Å². The van der Waals surface area contributed by atoms with Crippen molar-refractivity contribution in [3.05, 3.63) is 41.0 Å². The largest absolute Gasteiger partial charge is 0.495 e. The van der Waals surface area contributed by atoms with Crippen molar-refractivity contribution >= 4 is 29.0 Å². The quantitative estimate of drug-likeness (QED) is 0.919. The number of aromatic nitrogens is 2. The van der Waals surface area contributed by atoms with Gasteiger partial charge in [-0.25, -0.2) is 0 Å². The lowest BCUT2D eigenvalue weighted by Gasteiger charge is -2.27. The predicted octanol–water partition coefficient (Wildman–Crippen LogP) is 3.38. The molecule has 0 bridgehead atoms. The summed E-state index contributed by atoms with van der Waals surface area (Å²) in [6.45, 7) is 1.98. The van der Waals surface area contributed by atoms with Crippen LogP contribution in [0.5, 0.6) is 5.75 Å². The van der Waals surface area contributed by atoms with Crippen LogP contribution >= 0.6 is 11.6 Å². The molecule has 1 aliphatic heterocycles. The summed E-state index contributed by atoms with van der Waals surface area (Å²) >= 11 is 6.06. The number of amides is 1. The molecule has 0 atom stereocenters. The first kappa shape index (κ1) is 16.5. The molecule has 3 rings (SSSR count). The number of rotatable bonds is 4. The molecule has 24 heavy (non-hydrogen) atoms. The Bertz CT molecular complexity index is 715. The minimum absolute atomic E-state index is 0.266. The Balaban J connectivity index is 1.67. The van der Waals surface area contributed by atoms with Crippen molar-refractivity contribution in [1.29, 1.82) is 0 Å². The SMILES string of the molecule is COc1ccc(NC(=O)c2ccc(N3CCCCC3)nn2)cc1Cl. The molecule has 2 aromatic rings. The topological polar surface area (TPSA) is 67.3 Å². The zero-order valence-electron chi connectivity index (χ0n) is 13.5. The Morgan fingerprint density at radius 3 is 2.58 bits per heavy atom. The van der Waals surface area contributed by atoms with Gasteiger partial charge in [0.1, 0.15) is 5.75 Å².